The number of amides is 2. The van der Waals surface area contributed by atoms with Crippen molar-refractivity contribution in [2.75, 3.05) is 0 Å². The van der Waals surface area contributed by atoms with E-state index in [0.29, 0.717) is 11.9 Å². The van der Waals surface area contributed by atoms with E-state index in [1.165, 1.54) is 0 Å². The van der Waals surface area contributed by atoms with Gasteiger partial charge in [0.15, 0.2) is 0 Å². The molecule has 0 aliphatic carbocycles. The smallest absolute Gasteiger partial charge is 0.269 e. The fraction of sp³-hybridized carbons (Fsp3) is 0.0625. The van der Waals surface area contributed by atoms with Crippen LogP contribution in [0, 0.1) is 11.6 Å². The largest absolute Gasteiger partial charge is 0.271 e. The Bertz CT molecular complexity index is 925. The minimum absolute atomic E-state index is 0.270. The van der Waals surface area contributed by atoms with E-state index in [1.54, 1.807) is 12.1 Å². The number of rotatable bonds is 4. The summed E-state index contributed by atoms with van der Waals surface area (Å²) in [5.74, 6) is -2.97. The van der Waals surface area contributed by atoms with Gasteiger partial charge in [0.2, 0.25) is 5.82 Å². The first-order valence-electron chi connectivity index (χ1n) is 7.40. The van der Waals surface area contributed by atoms with Crippen molar-refractivity contribution in [2.24, 2.45) is 0 Å². The lowest BCUT2D eigenvalue weighted by atomic mass is 10.2. The molecule has 0 aliphatic heterocycles. The van der Waals surface area contributed by atoms with Crippen LogP contribution in [0.5, 0.6) is 0 Å². The van der Waals surface area contributed by atoms with Gasteiger partial charge in [-0.15, -0.1) is 10.2 Å². The van der Waals surface area contributed by atoms with E-state index in [2.05, 4.69) is 26.3 Å². The zero-order chi connectivity index (χ0) is 18.5. The summed E-state index contributed by atoms with van der Waals surface area (Å²) >= 11 is 0. The quantitative estimate of drug-likeness (QED) is 0.680. The number of nitrogens with zero attached hydrogens (tertiary/aromatic N) is 4. The SMILES string of the molecule is O=C(Cn1nnc(-c2ccccc2)n1)NNC(=O)c1cc(F)cc(F)c1. The van der Waals surface area contributed by atoms with Gasteiger partial charge in [0.05, 0.1) is 0 Å². The van der Waals surface area contributed by atoms with Gasteiger partial charge in [-0.1, -0.05) is 30.3 Å². The number of hydrazine groups is 1. The Balaban J connectivity index is 1.56. The molecule has 26 heavy (non-hydrogen) atoms. The number of nitrogens with one attached hydrogen (secondary N) is 2. The van der Waals surface area contributed by atoms with Gasteiger partial charge in [0.1, 0.15) is 18.2 Å². The molecule has 0 atom stereocenters. The Kier molecular flexibility index (Phi) is 4.92. The average Bonchev–Trinajstić information content (AvgIpc) is 3.08. The third-order valence-electron chi connectivity index (χ3n) is 3.21. The molecule has 3 rings (SSSR count). The normalized spacial score (nSPS) is 10.4. The molecular formula is C16H12F2N6O2. The van der Waals surface area contributed by atoms with E-state index in [1.807, 2.05) is 18.2 Å². The maximum absolute atomic E-state index is 13.1. The lowest BCUT2D eigenvalue weighted by Gasteiger charge is -2.07. The molecule has 132 valence electrons. The molecule has 2 aromatic carbocycles. The highest BCUT2D eigenvalue weighted by molar-refractivity contribution is 5.95. The third-order valence-corrected chi connectivity index (χ3v) is 3.21. The molecule has 2 N–H and O–H groups in total. The van der Waals surface area contributed by atoms with Gasteiger partial charge in [0.25, 0.3) is 11.8 Å². The summed E-state index contributed by atoms with van der Waals surface area (Å²) in [5.41, 5.74) is 4.62. The number of carbonyl (C=O) groups is 2. The molecule has 1 heterocycles. The van der Waals surface area contributed by atoms with Crippen LogP contribution in [-0.2, 0) is 11.3 Å². The third kappa shape index (κ3) is 4.23. The van der Waals surface area contributed by atoms with Crippen molar-refractivity contribution in [3.8, 4) is 11.4 Å². The molecule has 0 saturated carbocycles. The van der Waals surface area contributed by atoms with Crippen LogP contribution in [0.15, 0.2) is 48.5 Å². The predicted molar refractivity (Wildman–Crippen MR) is 85.2 cm³/mol. The van der Waals surface area contributed by atoms with Crippen molar-refractivity contribution in [1.82, 2.24) is 31.1 Å². The predicted octanol–water partition coefficient (Wildman–Crippen LogP) is 1.08. The van der Waals surface area contributed by atoms with E-state index >= 15 is 0 Å². The highest BCUT2D eigenvalue weighted by atomic mass is 19.1. The van der Waals surface area contributed by atoms with Crippen molar-refractivity contribution in [3.05, 3.63) is 65.7 Å². The Morgan fingerprint density at radius 2 is 1.69 bits per heavy atom. The number of tetrazole rings is 1. The lowest BCUT2D eigenvalue weighted by molar-refractivity contribution is -0.122. The summed E-state index contributed by atoms with van der Waals surface area (Å²) in [5, 5.41) is 11.6. The minimum Gasteiger partial charge on any atom is -0.271 e. The van der Waals surface area contributed by atoms with Crippen molar-refractivity contribution in [3.63, 3.8) is 0 Å². The molecule has 1 aromatic heterocycles. The van der Waals surface area contributed by atoms with Crippen molar-refractivity contribution in [1.29, 1.82) is 0 Å². The Morgan fingerprint density at radius 1 is 1.00 bits per heavy atom. The molecule has 0 spiro atoms. The highest BCUT2D eigenvalue weighted by Crippen LogP contribution is 2.11. The highest BCUT2D eigenvalue weighted by Gasteiger charge is 2.12. The first-order valence-corrected chi connectivity index (χ1v) is 7.40. The van der Waals surface area contributed by atoms with E-state index in [4.69, 9.17) is 0 Å². The number of carbonyl (C=O) groups excluding carboxylic acids is 2. The molecule has 10 heteroatoms. The van der Waals surface area contributed by atoms with Crippen LogP contribution in [0.4, 0.5) is 8.78 Å². The van der Waals surface area contributed by atoms with Crippen LogP contribution in [0.2, 0.25) is 0 Å². The van der Waals surface area contributed by atoms with Gasteiger partial charge in [0, 0.05) is 17.2 Å². The average molecular weight is 358 g/mol. The number of aromatic nitrogens is 4. The summed E-state index contributed by atoms with van der Waals surface area (Å²) in [7, 11) is 0. The standard InChI is InChI=1S/C16H12F2N6O2/c17-12-6-11(7-13(18)8-12)16(26)21-19-14(25)9-24-22-15(20-23-24)10-4-2-1-3-5-10/h1-8H,9H2,(H,19,25)(H,21,26). The lowest BCUT2D eigenvalue weighted by Crippen LogP contribution is -2.43. The van der Waals surface area contributed by atoms with Crippen molar-refractivity contribution in [2.45, 2.75) is 6.54 Å². The minimum atomic E-state index is -0.901. The van der Waals surface area contributed by atoms with Gasteiger partial charge in [-0.05, 0) is 17.3 Å². The molecule has 2 amide bonds. The fourth-order valence-corrected chi connectivity index (χ4v) is 2.06. The molecule has 0 radical (unpaired) electrons. The zero-order valence-electron chi connectivity index (χ0n) is 13.2. The maximum atomic E-state index is 13.1. The second-order valence-electron chi connectivity index (χ2n) is 5.17. The molecular weight excluding hydrogens is 346 g/mol. The monoisotopic (exact) mass is 358 g/mol. The van der Waals surface area contributed by atoms with Gasteiger partial charge >= 0.3 is 0 Å². The second kappa shape index (κ2) is 7.47. The molecule has 0 fully saturated rings. The Hall–Kier alpha value is -3.69. The summed E-state index contributed by atoms with van der Waals surface area (Å²) in [6, 6.07) is 11.4. The van der Waals surface area contributed by atoms with Crippen LogP contribution >= 0.6 is 0 Å². The van der Waals surface area contributed by atoms with Crippen LogP contribution in [-0.4, -0.2) is 32.0 Å². The number of hydrogen-bond acceptors (Lipinski definition) is 5. The number of hydrogen-bond donors (Lipinski definition) is 2. The Morgan fingerprint density at radius 3 is 2.38 bits per heavy atom. The van der Waals surface area contributed by atoms with Crippen molar-refractivity contribution < 1.29 is 18.4 Å². The first-order chi connectivity index (χ1) is 12.5. The fourth-order valence-electron chi connectivity index (χ4n) is 2.06. The topological polar surface area (TPSA) is 102 Å². The summed E-state index contributed by atoms with van der Waals surface area (Å²) < 4.78 is 26.2. The number of benzene rings is 2. The van der Waals surface area contributed by atoms with Gasteiger partial charge in [-0.25, -0.2) is 8.78 Å². The zero-order valence-corrected chi connectivity index (χ0v) is 13.2. The molecule has 0 aliphatic rings. The van der Waals surface area contributed by atoms with E-state index in [0.717, 1.165) is 22.5 Å². The second-order valence-corrected chi connectivity index (χ2v) is 5.17. The molecule has 0 saturated heterocycles. The maximum Gasteiger partial charge on any atom is 0.269 e. The molecule has 3 aromatic rings. The van der Waals surface area contributed by atoms with E-state index in [-0.39, 0.29) is 12.1 Å². The van der Waals surface area contributed by atoms with Crippen molar-refractivity contribution >= 4 is 11.8 Å². The van der Waals surface area contributed by atoms with E-state index < -0.39 is 23.4 Å². The summed E-state index contributed by atoms with van der Waals surface area (Å²) in [6.07, 6.45) is 0. The molecule has 0 unspecified atom stereocenters. The summed E-state index contributed by atoms with van der Waals surface area (Å²) in [6.45, 7) is -0.308. The van der Waals surface area contributed by atoms with Crippen LogP contribution in [0.25, 0.3) is 11.4 Å². The Labute approximate surface area is 145 Å². The number of halogens is 2. The summed E-state index contributed by atoms with van der Waals surface area (Å²) in [4.78, 5) is 24.7. The van der Waals surface area contributed by atoms with Gasteiger partial charge in [-0.3, -0.25) is 20.4 Å². The van der Waals surface area contributed by atoms with Crippen LogP contribution < -0.4 is 10.9 Å². The van der Waals surface area contributed by atoms with Crippen LogP contribution in [0.1, 0.15) is 10.4 Å². The first kappa shape index (κ1) is 17.1. The molecule has 0 bridgehead atoms. The van der Waals surface area contributed by atoms with Gasteiger partial charge < -0.3 is 0 Å². The van der Waals surface area contributed by atoms with Gasteiger partial charge in [-0.2, -0.15) is 4.80 Å². The van der Waals surface area contributed by atoms with E-state index in [9.17, 15) is 18.4 Å². The molecule has 8 nitrogen and oxygen atoms in total. The van der Waals surface area contributed by atoms with Crippen LogP contribution in [0.3, 0.4) is 0 Å².